The summed E-state index contributed by atoms with van der Waals surface area (Å²) >= 11 is 1.99. The number of fused-ring (bicyclic) bond motifs is 2. The van der Waals surface area contributed by atoms with Gasteiger partial charge in [0.1, 0.15) is 0 Å². The Hall–Kier alpha value is -0.180. The summed E-state index contributed by atoms with van der Waals surface area (Å²) in [7, 11) is 0. The molecule has 0 spiro atoms. The van der Waals surface area contributed by atoms with E-state index in [9.17, 15) is 0 Å². The molecule has 2 aliphatic carbocycles. The topological polar surface area (TPSA) is 24.4 Å². The van der Waals surface area contributed by atoms with Crippen LogP contribution in [0.25, 0.3) is 0 Å². The molecule has 4 atom stereocenters. The van der Waals surface area contributed by atoms with Crippen molar-refractivity contribution >= 4 is 16.9 Å². The summed E-state index contributed by atoms with van der Waals surface area (Å²) < 4.78 is 0. The second-order valence-electron chi connectivity index (χ2n) is 8.51. The highest BCUT2D eigenvalue weighted by Crippen LogP contribution is 2.62. The minimum Gasteiger partial charge on any atom is -0.361 e. The lowest BCUT2D eigenvalue weighted by Crippen LogP contribution is -2.51. The molecule has 2 saturated carbocycles. The van der Waals surface area contributed by atoms with Crippen LogP contribution in [-0.4, -0.2) is 23.0 Å². The highest BCUT2D eigenvalue weighted by atomic mass is 32.2. The molecule has 20 heavy (non-hydrogen) atoms. The molecule has 2 fully saturated rings. The Kier molecular flexibility index (Phi) is 3.63. The normalized spacial score (nSPS) is 42.3. The van der Waals surface area contributed by atoms with Crippen molar-refractivity contribution in [3.8, 4) is 0 Å². The summed E-state index contributed by atoms with van der Waals surface area (Å²) in [5.74, 6) is 1.68. The molecule has 1 heterocycles. The van der Waals surface area contributed by atoms with Gasteiger partial charge in [-0.1, -0.05) is 46.4 Å². The maximum absolute atomic E-state index is 4.78. The van der Waals surface area contributed by atoms with Crippen LogP contribution in [0, 0.1) is 22.7 Å². The maximum atomic E-state index is 4.78. The second-order valence-corrected chi connectivity index (χ2v) is 9.80. The smallest absolute Gasteiger partial charge is 0.157 e. The fraction of sp³-hybridized carbons (Fsp3) is 0.941. The lowest BCUT2D eigenvalue weighted by Gasteiger charge is -2.43. The number of hydrogen-bond donors (Lipinski definition) is 1. The van der Waals surface area contributed by atoms with Gasteiger partial charge in [0.05, 0.1) is 6.54 Å². The van der Waals surface area contributed by atoms with Crippen molar-refractivity contribution in [2.45, 2.75) is 71.6 Å². The molecule has 0 radical (unpaired) electrons. The molecule has 0 aromatic rings. The van der Waals surface area contributed by atoms with E-state index in [4.69, 9.17) is 4.99 Å². The predicted octanol–water partition coefficient (Wildman–Crippen LogP) is 4.31. The van der Waals surface area contributed by atoms with Crippen LogP contribution in [-0.2, 0) is 0 Å². The number of hydrogen-bond acceptors (Lipinski definition) is 3. The third-order valence-corrected chi connectivity index (χ3v) is 7.13. The van der Waals surface area contributed by atoms with Crippen LogP contribution in [0.1, 0.15) is 60.3 Å². The van der Waals surface area contributed by atoms with Gasteiger partial charge in [-0.05, 0) is 48.3 Å². The van der Waals surface area contributed by atoms with E-state index in [1.807, 2.05) is 11.8 Å². The Balaban J connectivity index is 1.64. The predicted molar refractivity (Wildman–Crippen MR) is 89.3 cm³/mol. The first-order valence-electron chi connectivity index (χ1n) is 8.29. The number of nitrogens with zero attached hydrogens (tertiary/aromatic N) is 1. The van der Waals surface area contributed by atoms with Crippen molar-refractivity contribution in [1.29, 1.82) is 0 Å². The van der Waals surface area contributed by atoms with E-state index in [2.05, 4.69) is 39.9 Å². The van der Waals surface area contributed by atoms with Crippen LogP contribution in [0.2, 0.25) is 0 Å². The number of aliphatic imine (C=N–C) groups is 1. The zero-order chi connectivity index (χ0) is 14.5. The first-order chi connectivity index (χ1) is 9.31. The Morgan fingerprint density at radius 1 is 1.35 bits per heavy atom. The number of rotatable bonds is 3. The molecule has 2 bridgehead atoms. The van der Waals surface area contributed by atoms with E-state index in [0.717, 1.165) is 18.4 Å². The zero-order valence-corrected chi connectivity index (χ0v) is 14.5. The minimum absolute atomic E-state index is 0.423. The molecule has 3 rings (SSSR count). The van der Waals surface area contributed by atoms with Crippen molar-refractivity contribution in [3.63, 3.8) is 0 Å². The summed E-state index contributed by atoms with van der Waals surface area (Å²) in [6.45, 7) is 13.1. The van der Waals surface area contributed by atoms with Crippen LogP contribution in [0.3, 0.4) is 0 Å². The number of thioether (sulfide) groups is 1. The van der Waals surface area contributed by atoms with Gasteiger partial charge in [-0.3, -0.25) is 4.99 Å². The van der Waals surface area contributed by atoms with E-state index in [1.165, 1.54) is 30.9 Å². The Bertz CT molecular complexity index is 410. The number of amidine groups is 1. The van der Waals surface area contributed by atoms with Gasteiger partial charge in [0.25, 0.3) is 0 Å². The van der Waals surface area contributed by atoms with Gasteiger partial charge in [-0.15, -0.1) is 0 Å². The van der Waals surface area contributed by atoms with E-state index in [1.54, 1.807) is 0 Å². The van der Waals surface area contributed by atoms with Crippen molar-refractivity contribution in [2.75, 3.05) is 6.54 Å². The first kappa shape index (κ1) is 14.7. The molecule has 1 N–H and O–H groups in total. The fourth-order valence-electron chi connectivity index (χ4n) is 4.93. The summed E-state index contributed by atoms with van der Waals surface area (Å²) in [5, 5.41) is 5.78. The molecule has 2 nitrogen and oxygen atoms in total. The molecule has 0 saturated heterocycles. The highest BCUT2D eigenvalue weighted by molar-refractivity contribution is 8.14. The van der Waals surface area contributed by atoms with Gasteiger partial charge in [0, 0.05) is 11.3 Å². The monoisotopic (exact) mass is 294 g/mol. The van der Waals surface area contributed by atoms with Crippen LogP contribution < -0.4 is 5.32 Å². The number of nitrogens with one attached hydrogen (secondary N) is 1. The molecule has 3 aliphatic rings. The second kappa shape index (κ2) is 4.93. The van der Waals surface area contributed by atoms with Gasteiger partial charge in [0.2, 0.25) is 0 Å². The largest absolute Gasteiger partial charge is 0.361 e. The molecular weight excluding hydrogens is 264 g/mol. The molecule has 0 aromatic heterocycles. The summed E-state index contributed by atoms with van der Waals surface area (Å²) in [6.07, 6.45) is 5.52. The molecule has 4 unspecified atom stereocenters. The van der Waals surface area contributed by atoms with Crippen LogP contribution >= 0.6 is 11.8 Å². The van der Waals surface area contributed by atoms with E-state index in [-0.39, 0.29) is 0 Å². The third-order valence-electron chi connectivity index (χ3n) is 5.99. The SMILES string of the molecule is CC(C)CC1CN=C(NC2C3(C)CCC(C3)C2(C)C)S1. The van der Waals surface area contributed by atoms with Crippen LogP contribution in [0.5, 0.6) is 0 Å². The van der Waals surface area contributed by atoms with Crippen molar-refractivity contribution in [1.82, 2.24) is 5.32 Å². The Morgan fingerprint density at radius 2 is 2.10 bits per heavy atom. The van der Waals surface area contributed by atoms with Gasteiger partial charge in [-0.2, -0.15) is 0 Å². The Morgan fingerprint density at radius 3 is 2.70 bits per heavy atom. The van der Waals surface area contributed by atoms with Gasteiger partial charge < -0.3 is 5.32 Å². The average molecular weight is 295 g/mol. The Labute approximate surface area is 128 Å². The lowest BCUT2D eigenvalue weighted by atomic mass is 9.68. The molecule has 1 aliphatic heterocycles. The van der Waals surface area contributed by atoms with E-state index in [0.29, 0.717) is 22.1 Å². The highest BCUT2D eigenvalue weighted by Gasteiger charge is 2.59. The van der Waals surface area contributed by atoms with Crippen molar-refractivity contribution in [3.05, 3.63) is 0 Å². The van der Waals surface area contributed by atoms with Crippen molar-refractivity contribution in [2.24, 2.45) is 27.7 Å². The quantitative estimate of drug-likeness (QED) is 0.839. The van der Waals surface area contributed by atoms with Crippen LogP contribution in [0.4, 0.5) is 0 Å². The van der Waals surface area contributed by atoms with Crippen molar-refractivity contribution < 1.29 is 0 Å². The van der Waals surface area contributed by atoms with Gasteiger partial charge >= 0.3 is 0 Å². The van der Waals surface area contributed by atoms with Gasteiger partial charge in [0.15, 0.2) is 5.17 Å². The van der Waals surface area contributed by atoms with E-state index < -0.39 is 0 Å². The molecular formula is C17H30N2S. The van der Waals surface area contributed by atoms with Crippen LogP contribution in [0.15, 0.2) is 4.99 Å². The minimum atomic E-state index is 0.423. The summed E-state index contributed by atoms with van der Waals surface area (Å²) in [6, 6.07) is 0.609. The molecule has 0 amide bonds. The van der Waals surface area contributed by atoms with Gasteiger partial charge in [-0.25, -0.2) is 0 Å². The lowest BCUT2D eigenvalue weighted by molar-refractivity contribution is 0.126. The maximum Gasteiger partial charge on any atom is 0.157 e. The summed E-state index contributed by atoms with van der Waals surface area (Å²) in [5.41, 5.74) is 0.916. The molecule has 114 valence electrons. The fourth-order valence-corrected chi connectivity index (χ4v) is 6.21. The standard InChI is InChI=1S/C17H30N2S/c1-11(2)8-13-10-18-15(20-13)19-14-16(3,4)12-6-7-17(14,5)9-12/h11-14H,6-10H2,1-5H3,(H,18,19). The molecule has 3 heteroatoms. The molecule has 0 aromatic carbocycles. The van der Waals surface area contributed by atoms with E-state index >= 15 is 0 Å². The first-order valence-corrected chi connectivity index (χ1v) is 9.17. The average Bonchev–Trinajstić information content (AvgIpc) is 2.96. The third kappa shape index (κ3) is 2.40. The summed E-state index contributed by atoms with van der Waals surface area (Å²) in [4.78, 5) is 4.78. The zero-order valence-electron chi connectivity index (χ0n) is 13.7.